The number of anilines is 1. The number of nitrogens with two attached hydrogens (primary N) is 1. The lowest BCUT2D eigenvalue weighted by atomic mass is 9.67. The molecule has 4 nitrogen and oxygen atoms in total. The molecule has 2 rings (SSSR count). The molecule has 0 atom stereocenters. The van der Waals surface area contributed by atoms with Crippen LogP contribution < -0.4 is 11.1 Å². The third-order valence-electron chi connectivity index (χ3n) is 3.83. The molecule has 0 bridgehead atoms. The molecule has 0 aliphatic heterocycles. The summed E-state index contributed by atoms with van der Waals surface area (Å²) in [5.41, 5.74) is 6.48. The van der Waals surface area contributed by atoms with Crippen LogP contribution in [-0.2, 0) is 0 Å². The van der Waals surface area contributed by atoms with Crippen molar-refractivity contribution in [3.05, 3.63) is 23.9 Å². The molecule has 0 radical (unpaired) electrons. The van der Waals surface area contributed by atoms with Gasteiger partial charge in [0.2, 0.25) is 0 Å². The lowest BCUT2D eigenvalue weighted by Gasteiger charge is -2.41. The lowest BCUT2D eigenvalue weighted by molar-refractivity contribution is 0.0850. The second-order valence-electron chi connectivity index (χ2n) is 4.86. The number of nitrogens with one attached hydrogen (secondary N) is 1. The first-order valence-corrected chi connectivity index (χ1v) is 6.15. The summed E-state index contributed by atoms with van der Waals surface area (Å²) in [7, 11) is 0. The molecule has 0 spiro atoms. The van der Waals surface area contributed by atoms with E-state index in [2.05, 4.69) is 17.2 Å². The van der Waals surface area contributed by atoms with Crippen LogP contribution in [0.15, 0.2) is 18.3 Å². The van der Waals surface area contributed by atoms with Crippen LogP contribution >= 0.6 is 0 Å². The number of amides is 1. The summed E-state index contributed by atoms with van der Waals surface area (Å²) in [5, 5.41) is 3.00. The molecular weight excluding hydrogens is 214 g/mol. The average molecular weight is 233 g/mol. The number of carbonyl (C=O) groups excluding carboxylic acids is 1. The molecule has 1 fully saturated rings. The largest absolute Gasteiger partial charge is 0.384 e. The van der Waals surface area contributed by atoms with Crippen molar-refractivity contribution in [1.29, 1.82) is 0 Å². The maximum absolute atomic E-state index is 11.9. The molecule has 1 aromatic heterocycles. The van der Waals surface area contributed by atoms with Crippen molar-refractivity contribution in [2.24, 2.45) is 5.41 Å². The zero-order valence-corrected chi connectivity index (χ0v) is 10.2. The number of carbonyl (C=O) groups is 1. The third-order valence-corrected chi connectivity index (χ3v) is 3.83. The van der Waals surface area contributed by atoms with E-state index in [9.17, 15) is 4.79 Å². The van der Waals surface area contributed by atoms with Crippen LogP contribution in [0.1, 0.15) is 43.0 Å². The highest BCUT2D eigenvalue weighted by Crippen LogP contribution is 2.43. The van der Waals surface area contributed by atoms with E-state index < -0.39 is 0 Å². The van der Waals surface area contributed by atoms with Crippen LogP contribution in [0.4, 0.5) is 5.82 Å². The molecule has 1 amide bonds. The number of aromatic nitrogens is 1. The molecule has 0 aromatic carbocycles. The molecule has 1 aliphatic rings. The highest BCUT2D eigenvalue weighted by atomic mass is 16.1. The zero-order chi connectivity index (χ0) is 12.3. The number of pyridine rings is 1. The van der Waals surface area contributed by atoms with Crippen molar-refractivity contribution in [1.82, 2.24) is 10.3 Å². The fourth-order valence-corrected chi connectivity index (χ4v) is 2.29. The number of rotatable bonds is 4. The Morgan fingerprint density at radius 1 is 1.59 bits per heavy atom. The van der Waals surface area contributed by atoms with E-state index in [-0.39, 0.29) is 5.91 Å². The van der Waals surface area contributed by atoms with Crippen molar-refractivity contribution in [2.45, 2.75) is 32.6 Å². The first kappa shape index (κ1) is 11.9. The van der Waals surface area contributed by atoms with E-state index in [4.69, 9.17) is 5.73 Å². The fourth-order valence-electron chi connectivity index (χ4n) is 2.29. The van der Waals surface area contributed by atoms with Crippen molar-refractivity contribution in [3.63, 3.8) is 0 Å². The van der Waals surface area contributed by atoms with Gasteiger partial charge in [0.05, 0.1) is 0 Å². The highest BCUT2D eigenvalue weighted by Gasteiger charge is 2.35. The summed E-state index contributed by atoms with van der Waals surface area (Å²) in [4.78, 5) is 15.8. The number of hydrogen-bond acceptors (Lipinski definition) is 3. The van der Waals surface area contributed by atoms with Gasteiger partial charge in [-0.1, -0.05) is 13.3 Å². The summed E-state index contributed by atoms with van der Waals surface area (Å²) in [6.45, 7) is 2.96. The van der Waals surface area contributed by atoms with Crippen LogP contribution in [0.25, 0.3) is 0 Å². The van der Waals surface area contributed by atoms with Crippen LogP contribution in [0.2, 0.25) is 0 Å². The summed E-state index contributed by atoms with van der Waals surface area (Å²) < 4.78 is 0. The molecule has 17 heavy (non-hydrogen) atoms. The van der Waals surface area contributed by atoms with Gasteiger partial charge in [-0.3, -0.25) is 4.79 Å². The van der Waals surface area contributed by atoms with Gasteiger partial charge in [-0.05, 0) is 36.8 Å². The molecule has 1 saturated carbocycles. The first-order chi connectivity index (χ1) is 8.15. The Morgan fingerprint density at radius 2 is 2.35 bits per heavy atom. The Kier molecular flexibility index (Phi) is 3.31. The van der Waals surface area contributed by atoms with E-state index in [0.717, 1.165) is 13.0 Å². The molecule has 1 aliphatic carbocycles. The van der Waals surface area contributed by atoms with E-state index in [1.165, 1.54) is 19.3 Å². The summed E-state index contributed by atoms with van der Waals surface area (Å²) in [5.74, 6) is 0.324. The fraction of sp³-hybridized carbons (Fsp3) is 0.538. The molecule has 1 aromatic rings. The van der Waals surface area contributed by atoms with E-state index >= 15 is 0 Å². The van der Waals surface area contributed by atoms with E-state index in [1.807, 2.05) is 0 Å². The monoisotopic (exact) mass is 233 g/mol. The SMILES string of the molecule is CCC1(CNC(=O)c2ccnc(N)c2)CCC1. The van der Waals surface area contributed by atoms with Gasteiger partial charge < -0.3 is 11.1 Å². The van der Waals surface area contributed by atoms with Gasteiger partial charge in [0.15, 0.2) is 0 Å². The van der Waals surface area contributed by atoms with Gasteiger partial charge in [-0.25, -0.2) is 4.98 Å². The Hall–Kier alpha value is -1.58. The first-order valence-electron chi connectivity index (χ1n) is 6.15. The molecule has 0 saturated heterocycles. The Labute approximate surface area is 102 Å². The predicted octanol–water partition coefficient (Wildman–Crippen LogP) is 1.97. The minimum atomic E-state index is -0.0566. The van der Waals surface area contributed by atoms with Gasteiger partial charge in [-0.15, -0.1) is 0 Å². The quantitative estimate of drug-likeness (QED) is 0.835. The molecule has 3 N–H and O–H groups in total. The second kappa shape index (κ2) is 4.73. The van der Waals surface area contributed by atoms with Crippen LogP contribution in [-0.4, -0.2) is 17.4 Å². The molecule has 0 unspecified atom stereocenters. The number of nitrogens with zero attached hydrogens (tertiary/aromatic N) is 1. The summed E-state index contributed by atoms with van der Waals surface area (Å²) in [6.07, 6.45) is 6.42. The maximum Gasteiger partial charge on any atom is 0.251 e. The molecule has 4 heteroatoms. The topological polar surface area (TPSA) is 68.0 Å². The number of nitrogen functional groups attached to an aromatic ring is 1. The van der Waals surface area contributed by atoms with Gasteiger partial charge in [0.25, 0.3) is 5.91 Å². The Bertz CT molecular complexity index is 407. The van der Waals surface area contributed by atoms with Crippen LogP contribution in [0.3, 0.4) is 0 Å². The third kappa shape index (κ3) is 2.57. The predicted molar refractivity (Wildman–Crippen MR) is 67.6 cm³/mol. The standard InChI is InChI=1S/C13H19N3O/c1-2-13(5-3-6-13)9-16-12(17)10-4-7-15-11(14)8-10/h4,7-8H,2-3,5-6,9H2,1H3,(H2,14,15)(H,16,17). The van der Waals surface area contributed by atoms with Gasteiger partial charge in [0.1, 0.15) is 5.82 Å². The Morgan fingerprint density at radius 3 is 2.88 bits per heavy atom. The smallest absolute Gasteiger partial charge is 0.251 e. The van der Waals surface area contributed by atoms with E-state index in [0.29, 0.717) is 16.8 Å². The van der Waals surface area contributed by atoms with Gasteiger partial charge in [0, 0.05) is 18.3 Å². The molecule has 92 valence electrons. The van der Waals surface area contributed by atoms with Crippen molar-refractivity contribution in [3.8, 4) is 0 Å². The summed E-state index contributed by atoms with van der Waals surface area (Å²) in [6, 6.07) is 3.29. The van der Waals surface area contributed by atoms with Crippen molar-refractivity contribution in [2.75, 3.05) is 12.3 Å². The number of hydrogen-bond donors (Lipinski definition) is 2. The van der Waals surface area contributed by atoms with Crippen LogP contribution in [0, 0.1) is 5.41 Å². The minimum Gasteiger partial charge on any atom is -0.384 e. The van der Waals surface area contributed by atoms with Gasteiger partial charge in [-0.2, -0.15) is 0 Å². The van der Waals surface area contributed by atoms with E-state index in [1.54, 1.807) is 18.3 Å². The van der Waals surface area contributed by atoms with Crippen molar-refractivity contribution < 1.29 is 4.79 Å². The average Bonchev–Trinajstić information content (AvgIpc) is 2.28. The summed E-state index contributed by atoms with van der Waals surface area (Å²) >= 11 is 0. The van der Waals surface area contributed by atoms with Crippen molar-refractivity contribution >= 4 is 11.7 Å². The highest BCUT2D eigenvalue weighted by molar-refractivity contribution is 5.94. The molecular formula is C13H19N3O. The minimum absolute atomic E-state index is 0.0566. The zero-order valence-electron chi connectivity index (χ0n) is 10.2. The maximum atomic E-state index is 11.9. The normalized spacial score (nSPS) is 17.2. The lowest BCUT2D eigenvalue weighted by Crippen LogP contribution is -2.41. The molecule has 1 heterocycles. The Balaban J connectivity index is 1.93. The second-order valence-corrected chi connectivity index (χ2v) is 4.86. The van der Waals surface area contributed by atoms with Crippen LogP contribution in [0.5, 0.6) is 0 Å². The van der Waals surface area contributed by atoms with Gasteiger partial charge >= 0.3 is 0 Å².